The Morgan fingerprint density at radius 2 is 2.35 bits per heavy atom. The van der Waals surface area contributed by atoms with Crippen LogP contribution in [0.25, 0.3) is 11.4 Å². The summed E-state index contributed by atoms with van der Waals surface area (Å²) in [4.78, 5) is 4.45. The zero-order valence-corrected chi connectivity index (χ0v) is 11.3. The van der Waals surface area contributed by atoms with Gasteiger partial charge in [0.2, 0.25) is 11.7 Å². The van der Waals surface area contributed by atoms with Crippen molar-refractivity contribution in [2.45, 2.75) is 18.8 Å². The third-order valence-electron chi connectivity index (χ3n) is 3.53. The maximum Gasteiger partial charge on any atom is 0.231 e. The second kappa shape index (κ2) is 5.50. The van der Waals surface area contributed by atoms with Crippen LogP contribution < -0.4 is 10.1 Å². The predicted octanol–water partition coefficient (Wildman–Crippen LogP) is 1.92. The van der Waals surface area contributed by atoms with Gasteiger partial charge in [0, 0.05) is 12.1 Å². The minimum absolute atomic E-state index is 0.0939. The van der Waals surface area contributed by atoms with Crippen molar-refractivity contribution >= 4 is 0 Å². The van der Waals surface area contributed by atoms with Gasteiger partial charge < -0.3 is 19.7 Å². The van der Waals surface area contributed by atoms with Crippen molar-refractivity contribution in [3.05, 3.63) is 24.1 Å². The van der Waals surface area contributed by atoms with E-state index in [0.717, 1.165) is 31.5 Å². The summed E-state index contributed by atoms with van der Waals surface area (Å²) in [6.45, 7) is 1.92. The number of hydrogen-bond acceptors (Lipinski definition) is 6. The SMILES string of the molecule is COc1cc(-c2noc([C@@H]3CCCNC3)n2)ccc1O. The van der Waals surface area contributed by atoms with Gasteiger partial charge in [-0.2, -0.15) is 4.98 Å². The summed E-state index contributed by atoms with van der Waals surface area (Å²) in [5, 5.41) is 16.9. The number of phenols is 1. The number of nitrogens with one attached hydrogen (secondary N) is 1. The second-order valence-corrected chi connectivity index (χ2v) is 4.89. The van der Waals surface area contributed by atoms with E-state index in [2.05, 4.69) is 15.5 Å². The number of ether oxygens (including phenoxy) is 1. The van der Waals surface area contributed by atoms with Crippen molar-refractivity contribution < 1.29 is 14.4 Å². The number of rotatable bonds is 3. The van der Waals surface area contributed by atoms with Crippen molar-refractivity contribution in [1.29, 1.82) is 0 Å². The van der Waals surface area contributed by atoms with Crippen LogP contribution in [0, 0.1) is 0 Å². The summed E-state index contributed by atoms with van der Waals surface area (Å²) >= 11 is 0. The highest BCUT2D eigenvalue weighted by atomic mass is 16.5. The largest absolute Gasteiger partial charge is 0.504 e. The van der Waals surface area contributed by atoms with E-state index in [1.54, 1.807) is 18.2 Å². The van der Waals surface area contributed by atoms with Gasteiger partial charge in [-0.25, -0.2) is 0 Å². The van der Waals surface area contributed by atoms with E-state index < -0.39 is 0 Å². The van der Waals surface area contributed by atoms with E-state index >= 15 is 0 Å². The highest BCUT2D eigenvalue weighted by Gasteiger charge is 2.22. The molecule has 3 rings (SSSR count). The van der Waals surface area contributed by atoms with Gasteiger partial charge in [0.05, 0.1) is 13.0 Å². The van der Waals surface area contributed by atoms with E-state index in [1.165, 1.54) is 7.11 Å². The molecule has 1 saturated heterocycles. The Morgan fingerprint density at radius 3 is 3.10 bits per heavy atom. The molecule has 1 aliphatic heterocycles. The zero-order chi connectivity index (χ0) is 13.9. The number of phenolic OH excluding ortho intramolecular Hbond substituents is 1. The van der Waals surface area contributed by atoms with Gasteiger partial charge in [0.15, 0.2) is 11.5 Å². The lowest BCUT2D eigenvalue weighted by atomic mass is 10.00. The number of piperidine rings is 1. The minimum Gasteiger partial charge on any atom is -0.504 e. The van der Waals surface area contributed by atoms with Crippen LogP contribution in [0.2, 0.25) is 0 Å². The smallest absolute Gasteiger partial charge is 0.231 e. The van der Waals surface area contributed by atoms with Crippen LogP contribution in [0.4, 0.5) is 0 Å². The van der Waals surface area contributed by atoms with E-state index in [1.807, 2.05) is 0 Å². The third kappa shape index (κ3) is 2.46. The number of nitrogens with zero attached hydrogens (tertiary/aromatic N) is 2. The number of aromatic hydroxyl groups is 1. The Labute approximate surface area is 116 Å². The molecule has 6 nitrogen and oxygen atoms in total. The summed E-state index contributed by atoms with van der Waals surface area (Å²) in [5.74, 6) is 1.96. The highest BCUT2D eigenvalue weighted by molar-refractivity contribution is 5.60. The van der Waals surface area contributed by atoms with Gasteiger partial charge in [-0.05, 0) is 37.6 Å². The number of hydrogen-bond donors (Lipinski definition) is 2. The molecule has 0 spiro atoms. The second-order valence-electron chi connectivity index (χ2n) is 4.89. The first-order valence-electron chi connectivity index (χ1n) is 6.69. The molecule has 0 aliphatic carbocycles. The fourth-order valence-corrected chi connectivity index (χ4v) is 2.40. The number of aromatic nitrogens is 2. The zero-order valence-electron chi connectivity index (χ0n) is 11.3. The van der Waals surface area contributed by atoms with Crippen LogP contribution in [-0.2, 0) is 0 Å². The van der Waals surface area contributed by atoms with Gasteiger partial charge in [0.25, 0.3) is 0 Å². The predicted molar refractivity (Wildman–Crippen MR) is 72.8 cm³/mol. The van der Waals surface area contributed by atoms with E-state index in [4.69, 9.17) is 9.26 Å². The summed E-state index contributed by atoms with van der Waals surface area (Å²) in [7, 11) is 1.51. The summed E-state index contributed by atoms with van der Waals surface area (Å²) < 4.78 is 10.4. The van der Waals surface area contributed by atoms with Crippen LogP contribution in [-0.4, -0.2) is 35.4 Å². The monoisotopic (exact) mass is 275 g/mol. The number of methoxy groups -OCH3 is 1. The Hall–Kier alpha value is -2.08. The molecule has 0 amide bonds. The lowest BCUT2D eigenvalue weighted by Gasteiger charge is -2.18. The molecule has 1 atom stereocenters. The first-order valence-corrected chi connectivity index (χ1v) is 6.69. The molecule has 1 aromatic heterocycles. The van der Waals surface area contributed by atoms with Gasteiger partial charge in [-0.1, -0.05) is 5.16 Å². The molecule has 1 fully saturated rings. The van der Waals surface area contributed by atoms with E-state index in [0.29, 0.717) is 17.5 Å². The van der Waals surface area contributed by atoms with Crippen molar-refractivity contribution in [2.24, 2.45) is 0 Å². The molecule has 0 bridgehead atoms. The molecule has 106 valence electrons. The number of benzene rings is 1. The quantitative estimate of drug-likeness (QED) is 0.890. The van der Waals surface area contributed by atoms with Gasteiger partial charge in [0.1, 0.15) is 0 Å². The molecule has 2 aromatic rings. The average Bonchev–Trinajstić information content (AvgIpc) is 2.98. The Bertz CT molecular complexity index is 591. The van der Waals surface area contributed by atoms with Crippen LogP contribution in [0.1, 0.15) is 24.7 Å². The Kier molecular flexibility index (Phi) is 3.56. The molecule has 0 unspecified atom stereocenters. The van der Waals surface area contributed by atoms with Crippen LogP contribution in [0.3, 0.4) is 0 Å². The maximum absolute atomic E-state index is 9.59. The van der Waals surface area contributed by atoms with E-state index in [9.17, 15) is 5.11 Å². The summed E-state index contributed by atoms with van der Waals surface area (Å²) in [6.07, 6.45) is 2.18. The molecule has 1 aliphatic rings. The summed E-state index contributed by atoms with van der Waals surface area (Å²) in [6, 6.07) is 5.00. The van der Waals surface area contributed by atoms with Crippen LogP contribution >= 0.6 is 0 Å². The minimum atomic E-state index is 0.0939. The fraction of sp³-hybridized carbons (Fsp3) is 0.429. The average molecular weight is 275 g/mol. The Morgan fingerprint density at radius 1 is 1.45 bits per heavy atom. The summed E-state index contributed by atoms with van der Waals surface area (Å²) in [5.41, 5.74) is 0.762. The molecular formula is C14H17N3O3. The standard InChI is InChI=1S/C14H17N3O3/c1-19-12-7-9(4-5-11(12)18)13-16-14(20-17-13)10-3-2-6-15-8-10/h4-5,7,10,15,18H,2-3,6,8H2,1H3/t10-/m1/s1. The molecule has 1 aromatic carbocycles. The van der Waals surface area contributed by atoms with Gasteiger partial charge >= 0.3 is 0 Å². The van der Waals surface area contributed by atoms with Crippen molar-refractivity contribution in [3.63, 3.8) is 0 Å². The Balaban J connectivity index is 1.85. The lowest BCUT2D eigenvalue weighted by molar-refractivity contribution is 0.322. The van der Waals surface area contributed by atoms with Crippen molar-refractivity contribution in [3.8, 4) is 22.9 Å². The topological polar surface area (TPSA) is 80.4 Å². The molecular weight excluding hydrogens is 258 g/mol. The normalized spacial score (nSPS) is 18.9. The van der Waals surface area contributed by atoms with Crippen LogP contribution in [0.15, 0.2) is 22.7 Å². The molecule has 0 saturated carbocycles. The highest BCUT2D eigenvalue weighted by Crippen LogP contribution is 2.31. The van der Waals surface area contributed by atoms with Gasteiger partial charge in [-0.15, -0.1) is 0 Å². The first-order chi connectivity index (χ1) is 9.78. The van der Waals surface area contributed by atoms with E-state index in [-0.39, 0.29) is 11.7 Å². The van der Waals surface area contributed by atoms with Crippen LogP contribution in [0.5, 0.6) is 11.5 Å². The molecule has 6 heteroatoms. The molecule has 20 heavy (non-hydrogen) atoms. The molecule has 2 N–H and O–H groups in total. The maximum atomic E-state index is 9.59. The molecule has 2 heterocycles. The van der Waals surface area contributed by atoms with Crippen molar-refractivity contribution in [2.75, 3.05) is 20.2 Å². The molecule has 0 radical (unpaired) electrons. The lowest BCUT2D eigenvalue weighted by Crippen LogP contribution is -2.28. The third-order valence-corrected chi connectivity index (χ3v) is 3.53. The first kappa shape index (κ1) is 12.9. The fourth-order valence-electron chi connectivity index (χ4n) is 2.40. The van der Waals surface area contributed by atoms with Gasteiger partial charge in [-0.3, -0.25) is 0 Å². The van der Waals surface area contributed by atoms with Crippen molar-refractivity contribution in [1.82, 2.24) is 15.5 Å².